The summed E-state index contributed by atoms with van der Waals surface area (Å²) in [7, 11) is 0. The van der Waals surface area contributed by atoms with Gasteiger partial charge in [0, 0.05) is 13.0 Å². The molecule has 0 bridgehead atoms. The van der Waals surface area contributed by atoms with Crippen molar-refractivity contribution < 1.29 is 9.63 Å². The first-order valence-electron chi connectivity index (χ1n) is 8.05. The number of nitrogens with one attached hydrogen (secondary N) is 1. The smallest absolute Gasteiger partial charge is 0.157 e. The Bertz CT molecular complexity index is 712. The van der Waals surface area contributed by atoms with Gasteiger partial charge in [-0.25, -0.2) is 0 Å². The lowest BCUT2D eigenvalue weighted by atomic mass is 10.0. The molecule has 2 aromatic rings. The van der Waals surface area contributed by atoms with Crippen LogP contribution < -0.4 is 10.6 Å². The zero-order chi connectivity index (χ0) is 16.2. The lowest BCUT2D eigenvalue weighted by molar-refractivity contribution is -0.124. The molecule has 0 fully saturated rings. The largest absolute Gasteiger partial charge is 0.297 e. The molecule has 120 valence electrons. The van der Waals surface area contributed by atoms with Crippen LogP contribution >= 0.6 is 0 Å². The van der Waals surface area contributed by atoms with E-state index in [-0.39, 0.29) is 12.4 Å². The second-order valence-corrected chi connectivity index (χ2v) is 5.87. The first-order chi connectivity index (χ1) is 11.2. The van der Waals surface area contributed by atoms with Crippen molar-refractivity contribution in [2.45, 2.75) is 26.7 Å². The molecule has 4 nitrogen and oxygen atoms in total. The van der Waals surface area contributed by atoms with Crippen molar-refractivity contribution in [1.82, 2.24) is 5.59 Å². The predicted molar refractivity (Wildman–Crippen MR) is 92.1 cm³/mol. The van der Waals surface area contributed by atoms with Crippen LogP contribution in [-0.4, -0.2) is 18.9 Å². The molecule has 0 aliphatic heterocycles. The van der Waals surface area contributed by atoms with Gasteiger partial charge >= 0.3 is 0 Å². The summed E-state index contributed by atoms with van der Waals surface area (Å²) in [5.74, 6) is -0.000329. The Balaban J connectivity index is 1.88. The summed E-state index contributed by atoms with van der Waals surface area (Å²) >= 11 is 0. The van der Waals surface area contributed by atoms with E-state index in [0.29, 0.717) is 0 Å². The minimum Gasteiger partial charge on any atom is -0.297 e. The molecule has 0 radical (unpaired) electrons. The highest BCUT2D eigenvalue weighted by atomic mass is 16.7. The van der Waals surface area contributed by atoms with Gasteiger partial charge in [-0.15, -0.1) is 5.59 Å². The Morgan fingerprint density at radius 1 is 1.17 bits per heavy atom. The molecule has 0 saturated carbocycles. The number of hydrazine groups is 1. The minimum atomic E-state index is -0.000329. The van der Waals surface area contributed by atoms with Crippen molar-refractivity contribution in [3.8, 4) is 11.1 Å². The number of carbonyl (C=O) groups excluding carboxylic acids is 1. The Kier molecular flexibility index (Phi) is 4.74. The Morgan fingerprint density at radius 3 is 2.74 bits per heavy atom. The van der Waals surface area contributed by atoms with Crippen LogP contribution in [0.15, 0.2) is 42.5 Å². The maximum absolute atomic E-state index is 11.1. The molecule has 4 heteroatoms. The number of benzene rings is 2. The Hall–Kier alpha value is -2.17. The van der Waals surface area contributed by atoms with Crippen LogP contribution in [0.1, 0.15) is 31.4 Å². The number of fused-ring (bicyclic) bond motifs is 3. The minimum absolute atomic E-state index is 0.000329. The number of hydrogen-bond acceptors (Lipinski definition) is 4. The lowest BCUT2D eigenvalue weighted by Gasteiger charge is -2.26. The van der Waals surface area contributed by atoms with Crippen LogP contribution in [0.5, 0.6) is 0 Å². The molecule has 1 aliphatic rings. The van der Waals surface area contributed by atoms with Gasteiger partial charge in [-0.3, -0.25) is 14.6 Å². The number of rotatable bonds is 7. The molecular formula is C19H22N2O2. The van der Waals surface area contributed by atoms with Crippen LogP contribution in [0.25, 0.3) is 11.1 Å². The number of hydrogen-bond donors (Lipinski definition) is 1. The Morgan fingerprint density at radius 2 is 1.96 bits per heavy atom. The second kappa shape index (κ2) is 6.94. The van der Waals surface area contributed by atoms with Gasteiger partial charge in [0.05, 0.1) is 5.69 Å². The molecule has 23 heavy (non-hydrogen) atoms. The van der Waals surface area contributed by atoms with E-state index < -0.39 is 0 Å². The van der Waals surface area contributed by atoms with Crippen molar-refractivity contribution in [2.75, 3.05) is 18.2 Å². The molecule has 0 aromatic heterocycles. The highest BCUT2D eigenvalue weighted by molar-refractivity contribution is 5.82. The van der Waals surface area contributed by atoms with Gasteiger partial charge in [0.15, 0.2) is 5.78 Å². The molecule has 0 heterocycles. The number of nitrogens with zero attached hydrogens (tertiary/aromatic N) is 1. The van der Waals surface area contributed by atoms with Crippen LogP contribution in [0.2, 0.25) is 0 Å². The van der Waals surface area contributed by atoms with Crippen molar-refractivity contribution in [3.63, 3.8) is 0 Å². The molecule has 0 saturated heterocycles. The number of Topliss-reactive ketones (excluding diaryl/α,β-unsaturated/α-hetero) is 1. The molecule has 0 amide bonds. The molecule has 0 unspecified atom stereocenters. The quantitative estimate of drug-likeness (QED) is 0.678. The summed E-state index contributed by atoms with van der Waals surface area (Å²) in [6.07, 6.45) is 1.91. The average molecular weight is 310 g/mol. The van der Waals surface area contributed by atoms with E-state index in [9.17, 15) is 4.79 Å². The van der Waals surface area contributed by atoms with Gasteiger partial charge in [-0.1, -0.05) is 43.3 Å². The van der Waals surface area contributed by atoms with Gasteiger partial charge in [-0.2, -0.15) is 0 Å². The normalized spacial score (nSPS) is 11.9. The molecule has 3 rings (SSSR count). The van der Waals surface area contributed by atoms with E-state index >= 15 is 0 Å². The van der Waals surface area contributed by atoms with E-state index in [0.717, 1.165) is 25.1 Å². The SMILES string of the molecule is CCCN(NOCC(C)=O)c1cccc2c1Cc1ccccc1-2. The van der Waals surface area contributed by atoms with Gasteiger partial charge in [0.2, 0.25) is 0 Å². The fraction of sp³-hybridized carbons (Fsp3) is 0.316. The van der Waals surface area contributed by atoms with Crippen molar-refractivity contribution in [2.24, 2.45) is 0 Å². The summed E-state index contributed by atoms with van der Waals surface area (Å²) in [4.78, 5) is 16.4. The summed E-state index contributed by atoms with van der Waals surface area (Å²) < 4.78 is 0. The van der Waals surface area contributed by atoms with Gasteiger partial charge in [0.25, 0.3) is 0 Å². The standard InChI is InChI=1S/C19H22N2O2/c1-3-11-21(20-23-13-14(2)22)19-10-6-9-17-16-8-5-4-7-15(16)12-18(17)19/h4-10,20H,3,11-13H2,1-2H3. The predicted octanol–water partition coefficient (Wildman–Crippen LogP) is 3.50. The van der Waals surface area contributed by atoms with E-state index in [1.54, 1.807) is 0 Å². The summed E-state index contributed by atoms with van der Waals surface area (Å²) in [5, 5.41) is 1.99. The maximum atomic E-state index is 11.1. The zero-order valence-corrected chi connectivity index (χ0v) is 13.6. The van der Waals surface area contributed by atoms with Gasteiger partial charge in [-0.05, 0) is 41.7 Å². The van der Waals surface area contributed by atoms with Gasteiger partial charge in [0.1, 0.15) is 6.61 Å². The van der Waals surface area contributed by atoms with E-state index in [2.05, 4.69) is 55.0 Å². The highest BCUT2D eigenvalue weighted by Crippen LogP contribution is 2.40. The zero-order valence-electron chi connectivity index (χ0n) is 13.6. The van der Waals surface area contributed by atoms with Crippen molar-refractivity contribution >= 4 is 11.5 Å². The molecule has 0 spiro atoms. The van der Waals surface area contributed by atoms with Crippen LogP contribution in [0, 0.1) is 0 Å². The molecule has 1 aliphatic carbocycles. The first-order valence-corrected chi connectivity index (χ1v) is 8.05. The molecular weight excluding hydrogens is 288 g/mol. The number of anilines is 1. The van der Waals surface area contributed by atoms with Crippen LogP contribution in [0.4, 0.5) is 5.69 Å². The molecule has 0 atom stereocenters. The maximum Gasteiger partial charge on any atom is 0.157 e. The van der Waals surface area contributed by atoms with Crippen molar-refractivity contribution in [1.29, 1.82) is 0 Å². The third-order valence-electron chi connectivity index (χ3n) is 4.01. The summed E-state index contributed by atoms with van der Waals surface area (Å²) in [6.45, 7) is 4.51. The topological polar surface area (TPSA) is 41.6 Å². The lowest BCUT2D eigenvalue weighted by Crippen LogP contribution is -2.40. The molecule has 1 N–H and O–H groups in total. The summed E-state index contributed by atoms with van der Waals surface area (Å²) in [6, 6.07) is 14.9. The number of ketones is 1. The summed E-state index contributed by atoms with van der Waals surface area (Å²) in [5.41, 5.74) is 9.31. The number of carbonyl (C=O) groups is 1. The van der Waals surface area contributed by atoms with E-state index in [4.69, 9.17) is 4.84 Å². The first kappa shape index (κ1) is 15.7. The monoisotopic (exact) mass is 310 g/mol. The van der Waals surface area contributed by atoms with Crippen LogP contribution in [-0.2, 0) is 16.1 Å². The van der Waals surface area contributed by atoms with Gasteiger partial charge < -0.3 is 0 Å². The fourth-order valence-corrected chi connectivity index (χ4v) is 3.04. The van der Waals surface area contributed by atoms with E-state index in [1.807, 2.05) is 5.01 Å². The fourth-order valence-electron chi connectivity index (χ4n) is 3.04. The van der Waals surface area contributed by atoms with Crippen LogP contribution in [0.3, 0.4) is 0 Å². The average Bonchev–Trinajstić information content (AvgIpc) is 2.92. The Labute approximate surface area is 137 Å². The second-order valence-electron chi connectivity index (χ2n) is 5.87. The third-order valence-corrected chi connectivity index (χ3v) is 4.01. The molecule has 2 aromatic carbocycles. The van der Waals surface area contributed by atoms with E-state index in [1.165, 1.54) is 29.2 Å². The third kappa shape index (κ3) is 3.28. The van der Waals surface area contributed by atoms with Crippen molar-refractivity contribution in [3.05, 3.63) is 53.6 Å². The highest BCUT2D eigenvalue weighted by Gasteiger charge is 2.22.